The van der Waals surface area contributed by atoms with Gasteiger partial charge in [-0.2, -0.15) is 0 Å². The first-order chi connectivity index (χ1) is 9.24. The fraction of sp³-hybridized carbons (Fsp3) is 0.438. The molecule has 0 aromatic heterocycles. The SMILES string of the molecule is NC1C=CC(C(=O)Nc2cccc3c2CCCC3)C1. The van der Waals surface area contributed by atoms with Crippen LogP contribution < -0.4 is 11.1 Å². The molecule has 0 radical (unpaired) electrons. The Kier molecular flexibility index (Phi) is 3.38. The predicted octanol–water partition coefficient (Wildman–Crippen LogP) is 2.41. The Morgan fingerprint density at radius 3 is 2.84 bits per heavy atom. The average Bonchev–Trinajstić information content (AvgIpc) is 2.86. The molecule has 0 saturated carbocycles. The lowest BCUT2D eigenvalue weighted by Gasteiger charge is -2.20. The third kappa shape index (κ3) is 2.56. The summed E-state index contributed by atoms with van der Waals surface area (Å²) < 4.78 is 0. The zero-order chi connectivity index (χ0) is 13.2. The summed E-state index contributed by atoms with van der Waals surface area (Å²) >= 11 is 0. The molecule has 3 nitrogen and oxygen atoms in total. The van der Waals surface area contributed by atoms with Crippen LogP contribution in [0.3, 0.4) is 0 Å². The molecule has 0 fully saturated rings. The van der Waals surface area contributed by atoms with Crippen LogP contribution in [0.5, 0.6) is 0 Å². The van der Waals surface area contributed by atoms with Gasteiger partial charge in [-0.25, -0.2) is 0 Å². The van der Waals surface area contributed by atoms with Crippen molar-refractivity contribution in [1.29, 1.82) is 0 Å². The molecule has 0 saturated heterocycles. The number of hydrogen-bond donors (Lipinski definition) is 2. The van der Waals surface area contributed by atoms with Crippen LogP contribution in [0, 0.1) is 5.92 Å². The van der Waals surface area contributed by atoms with Crippen LogP contribution in [0.1, 0.15) is 30.4 Å². The number of aryl methyl sites for hydroxylation is 1. The van der Waals surface area contributed by atoms with Gasteiger partial charge in [-0.05, 0) is 49.3 Å². The lowest BCUT2D eigenvalue weighted by Crippen LogP contribution is -2.24. The highest BCUT2D eigenvalue weighted by Crippen LogP contribution is 2.28. The van der Waals surface area contributed by atoms with Gasteiger partial charge in [0.05, 0.1) is 5.92 Å². The molecule has 2 unspecified atom stereocenters. The van der Waals surface area contributed by atoms with Gasteiger partial charge < -0.3 is 11.1 Å². The molecule has 1 aromatic rings. The van der Waals surface area contributed by atoms with E-state index in [9.17, 15) is 4.79 Å². The standard InChI is InChI=1S/C16H20N2O/c17-13-9-8-12(10-13)16(19)18-15-7-3-5-11-4-1-2-6-14(11)15/h3,5,7-9,12-13H,1-2,4,6,10,17H2,(H,18,19). The zero-order valence-electron chi connectivity index (χ0n) is 11.1. The van der Waals surface area contributed by atoms with Crippen molar-refractivity contribution in [2.75, 3.05) is 5.32 Å². The molecule has 100 valence electrons. The summed E-state index contributed by atoms with van der Waals surface area (Å²) in [6.07, 6.45) is 9.25. The van der Waals surface area contributed by atoms with E-state index < -0.39 is 0 Å². The predicted molar refractivity (Wildman–Crippen MR) is 76.9 cm³/mol. The Morgan fingerprint density at radius 1 is 1.21 bits per heavy atom. The minimum Gasteiger partial charge on any atom is -0.325 e. The molecular weight excluding hydrogens is 236 g/mol. The lowest BCUT2D eigenvalue weighted by molar-refractivity contribution is -0.118. The molecule has 1 amide bonds. The maximum atomic E-state index is 12.2. The lowest BCUT2D eigenvalue weighted by atomic mass is 9.90. The fourth-order valence-corrected chi connectivity index (χ4v) is 3.05. The van der Waals surface area contributed by atoms with E-state index in [-0.39, 0.29) is 17.9 Å². The van der Waals surface area contributed by atoms with Crippen LogP contribution in [0.2, 0.25) is 0 Å². The van der Waals surface area contributed by atoms with Crippen molar-refractivity contribution in [2.24, 2.45) is 11.7 Å². The Hall–Kier alpha value is -1.61. The van der Waals surface area contributed by atoms with Gasteiger partial charge in [0.2, 0.25) is 5.91 Å². The normalized spacial score (nSPS) is 25.1. The molecule has 3 N–H and O–H groups in total. The summed E-state index contributed by atoms with van der Waals surface area (Å²) in [5, 5.41) is 3.09. The van der Waals surface area contributed by atoms with Crippen molar-refractivity contribution in [3.8, 4) is 0 Å². The van der Waals surface area contributed by atoms with Gasteiger partial charge in [0.1, 0.15) is 0 Å². The maximum absolute atomic E-state index is 12.2. The van der Waals surface area contributed by atoms with Crippen molar-refractivity contribution in [2.45, 2.75) is 38.1 Å². The van der Waals surface area contributed by atoms with Crippen LogP contribution in [0.4, 0.5) is 5.69 Å². The second-order valence-corrected chi connectivity index (χ2v) is 5.53. The van der Waals surface area contributed by atoms with Crippen LogP contribution in [0.15, 0.2) is 30.4 Å². The molecular formula is C16H20N2O. The Bertz CT molecular complexity index is 521. The second-order valence-electron chi connectivity index (χ2n) is 5.53. The molecule has 1 aromatic carbocycles. The number of carbonyl (C=O) groups excluding carboxylic acids is 1. The number of fused-ring (bicyclic) bond motifs is 1. The van der Waals surface area contributed by atoms with Crippen LogP contribution in [-0.2, 0) is 17.6 Å². The highest BCUT2D eigenvalue weighted by molar-refractivity contribution is 5.95. The number of benzene rings is 1. The number of amides is 1. The molecule has 0 bridgehead atoms. The van der Waals surface area contributed by atoms with E-state index in [4.69, 9.17) is 5.73 Å². The highest BCUT2D eigenvalue weighted by Gasteiger charge is 2.23. The number of carbonyl (C=O) groups is 1. The fourth-order valence-electron chi connectivity index (χ4n) is 3.05. The van der Waals surface area contributed by atoms with E-state index in [1.807, 2.05) is 24.3 Å². The summed E-state index contributed by atoms with van der Waals surface area (Å²) in [6, 6.07) is 6.26. The van der Waals surface area contributed by atoms with E-state index in [1.165, 1.54) is 24.0 Å². The number of nitrogens with two attached hydrogens (primary N) is 1. The Labute approximate surface area is 113 Å². The van der Waals surface area contributed by atoms with Crippen LogP contribution >= 0.6 is 0 Å². The van der Waals surface area contributed by atoms with Gasteiger partial charge in [0.25, 0.3) is 0 Å². The minimum atomic E-state index is -0.0746. The quantitative estimate of drug-likeness (QED) is 0.798. The molecule has 0 spiro atoms. The van der Waals surface area contributed by atoms with Crippen molar-refractivity contribution in [3.05, 3.63) is 41.5 Å². The van der Waals surface area contributed by atoms with Crippen molar-refractivity contribution >= 4 is 11.6 Å². The van der Waals surface area contributed by atoms with E-state index in [1.54, 1.807) is 0 Å². The number of hydrogen-bond acceptors (Lipinski definition) is 2. The first-order valence-corrected chi connectivity index (χ1v) is 7.09. The van der Waals surface area contributed by atoms with Crippen molar-refractivity contribution in [3.63, 3.8) is 0 Å². The second kappa shape index (κ2) is 5.17. The van der Waals surface area contributed by atoms with Gasteiger partial charge in [0.15, 0.2) is 0 Å². The van der Waals surface area contributed by atoms with E-state index in [0.717, 1.165) is 24.9 Å². The molecule has 0 aliphatic heterocycles. The summed E-state index contributed by atoms with van der Waals surface area (Å²) in [7, 11) is 0. The summed E-state index contributed by atoms with van der Waals surface area (Å²) in [5.74, 6) is -0.00220. The van der Waals surface area contributed by atoms with Gasteiger partial charge in [-0.3, -0.25) is 4.79 Å². The summed E-state index contributed by atoms with van der Waals surface area (Å²) in [6.45, 7) is 0. The van der Waals surface area contributed by atoms with Crippen molar-refractivity contribution in [1.82, 2.24) is 0 Å². The maximum Gasteiger partial charge on any atom is 0.231 e. The molecule has 19 heavy (non-hydrogen) atoms. The third-order valence-electron chi connectivity index (χ3n) is 4.11. The number of rotatable bonds is 2. The molecule has 2 aliphatic carbocycles. The first kappa shape index (κ1) is 12.4. The topological polar surface area (TPSA) is 55.1 Å². The summed E-state index contributed by atoms with van der Waals surface area (Å²) in [5.41, 5.74) is 9.52. The number of nitrogens with one attached hydrogen (secondary N) is 1. The van der Waals surface area contributed by atoms with Gasteiger partial charge >= 0.3 is 0 Å². The Morgan fingerprint density at radius 2 is 2.05 bits per heavy atom. The smallest absolute Gasteiger partial charge is 0.231 e. The van der Waals surface area contributed by atoms with E-state index >= 15 is 0 Å². The van der Waals surface area contributed by atoms with Gasteiger partial charge in [0, 0.05) is 11.7 Å². The molecule has 0 heterocycles. The average molecular weight is 256 g/mol. The minimum absolute atomic E-state index is 0.0282. The van der Waals surface area contributed by atoms with Crippen molar-refractivity contribution < 1.29 is 4.79 Å². The molecule has 3 rings (SSSR count). The Balaban J connectivity index is 1.76. The van der Waals surface area contributed by atoms with E-state index in [0.29, 0.717) is 0 Å². The molecule has 2 atom stereocenters. The zero-order valence-corrected chi connectivity index (χ0v) is 11.1. The largest absolute Gasteiger partial charge is 0.325 e. The van der Waals surface area contributed by atoms with E-state index in [2.05, 4.69) is 11.4 Å². The molecule has 3 heteroatoms. The molecule has 2 aliphatic rings. The summed E-state index contributed by atoms with van der Waals surface area (Å²) in [4.78, 5) is 12.2. The third-order valence-corrected chi connectivity index (χ3v) is 4.11. The number of anilines is 1. The first-order valence-electron chi connectivity index (χ1n) is 7.09. The van der Waals surface area contributed by atoms with Crippen LogP contribution in [-0.4, -0.2) is 11.9 Å². The van der Waals surface area contributed by atoms with Gasteiger partial charge in [-0.15, -0.1) is 0 Å². The highest BCUT2D eigenvalue weighted by atomic mass is 16.1. The monoisotopic (exact) mass is 256 g/mol. The van der Waals surface area contributed by atoms with Gasteiger partial charge in [-0.1, -0.05) is 24.3 Å². The van der Waals surface area contributed by atoms with Crippen LogP contribution in [0.25, 0.3) is 0 Å².